The van der Waals surface area contributed by atoms with E-state index in [1.54, 1.807) is 23.1 Å². The van der Waals surface area contributed by atoms with E-state index < -0.39 is 12.3 Å². The van der Waals surface area contributed by atoms with Crippen LogP contribution in [-0.2, 0) is 11.2 Å². The minimum absolute atomic E-state index is 0.0627. The molecule has 1 saturated heterocycles. The highest BCUT2D eigenvalue weighted by Gasteiger charge is 2.31. The molecule has 1 aliphatic rings. The number of nitrogens with zero attached hydrogens (tertiary/aromatic N) is 3. The molecular weight excluding hydrogens is 467 g/mol. The second-order valence-corrected chi connectivity index (χ2v) is 8.00. The number of likely N-dealkylation sites (tertiary alicyclic amines) is 1. The van der Waals surface area contributed by atoms with Crippen LogP contribution < -0.4 is 15.2 Å². The van der Waals surface area contributed by atoms with E-state index in [0.717, 1.165) is 0 Å². The Morgan fingerprint density at radius 3 is 2.43 bits per heavy atom. The number of carbonyl (C=O) groups excluding carboxylic acids is 2. The number of piperidine rings is 1. The van der Waals surface area contributed by atoms with Crippen LogP contribution in [0, 0.1) is 0 Å². The number of hydrogen-bond donors (Lipinski definition) is 2. The van der Waals surface area contributed by atoms with Crippen LogP contribution in [0.2, 0.25) is 0 Å². The van der Waals surface area contributed by atoms with E-state index in [-0.39, 0.29) is 29.7 Å². The average molecular weight is 489 g/mol. The van der Waals surface area contributed by atoms with Crippen molar-refractivity contribution in [1.82, 2.24) is 20.3 Å². The Kier molecular flexibility index (Phi) is 6.90. The lowest BCUT2D eigenvalue weighted by Gasteiger charge is -2.32. The number of alkyl halides is 3. The number of benzene rings is 2. The number of amides is 2. The fourth-order valence-corrected chi connectivity index (χ4v) is 3.82. The number of aromatic nitrogens is 3. The van der Waals surface area contributed by atoms with Gasteiger partial charge in [-0.3, -0.25) is 9.59 Å². The van der Waals surface area contributed by atoms with Gasteiger partial charge in [0.05, 0.1) is 18.2 Å². The molecule has 2 amide bonds. The fraction of sp³-hybridized carbons (Fsp3) is 0.304. The molecule has 9 nitrogen and oxygen atoms in total. The van der Waals surface area contributed by atoms with Gasteiger partial charge in [-0.1, -0.05) is 12.1 Å². The molecule has 184 valence electrons. The van der Waals surface area contributed by atoms with E-state index in [1.165, 1.54) is 30.5 Å². The lowest BCUT2D eigenvalue weighted by Crippen LogP contribution is -2.42. The number of nitrogens with two attached hydrogens (primary N) is 1. The molecule has 1 aromatic heterocycles. The molecule has 0 radical (unpaired) electrons. The molecule has 0 atom stereocenters. The molecule has 0 spiro atoms. The first-order valence-corrected chi connectivity index (χ1v) is 10.8. The van der Waals surface area contributed by atoms with Gasteiger partial charge >= 0.3 is 6.36 Å². The summed E-state index contributed by atoms with van der Waals surface area (Å²) in [6, 6.07) is 10.2. The van der Waals surface area contributed by atoms with Crippen LogP contribution in [0.1, 0.15) is 28.8 Å². The van der Waals surface area contributed by atoms with Crippen molar-refractivity contribution in [1.29, 1.82) is 0 Å². The first kappa shape index (κ1) is 24.0. The van der Waals surface area contributed by atoms with Gasteiger partial charge in [0.2, 0.25) is 5.91 Å². The van der Waals surface area contributed by atoms with Crippen molar-refractivity contribution in [3.63, 3.8) is 0 Å². The zero-order chi connectivity index (χ0) is 25.0. The number of halogens is 3. The second-order valence-electron chi connectivity index (χ2n) is 8.00. The van der Waals surface area contributed by atoms with Gasteiger partial charge in [-0.05, 0) is 35.9 Å². The lowest BCUT2D eigenvalue weighted by molar-refractivity contribution is -0.274. The van der Waals surface area contributed by atoms with Crippen molar-refractivity contribution in [2.75, 3.05) is 13.1 Å². The third kappa shape index (κ3) is 6.28. The summed E-state index contributed by atoms with van der Waals surface area (Å²) in [6.07, 6.45) is -2.29. The van der Waals surface area contributed by atoms with Gasteiger partial charge in [0.15, 0.2) is 0 Å². The Balaban J connectivity index is 1.32. The van der Waals surface area contributed by atoms with Crippen molar-refractivity contribution in [3.8, 4) is 22.8 Å². The van der Waals surface area contributed by atoms with E-state index >= 15 is 0 Å². The zero-order valence-corrected chi connectivity index (χ0v) is 18.4. The minimum Gasteiger partial charge on any atom is -0.489 e. The number of ether oxygens (including phenoxy) is 2. The molecule has 0 unspecified atom stereocenters. The van der Waals surface area contributed by atoms with Crippen molar-refractivity contribution in [2.24, 2.45) is 5.73 Å². The molecule has 3 N–H and O–H groups in total. The maximum atomic E-state index is 12.6. The molecule has 1 aliphatic heterocycles. The maximum absolute atomic E-state index is 12.6. The van der Waals surface area contributed by atoms with Gasteiger partial charge in [0.1, 0.15) is 23.3 Å². The van der Waals surface area contributed by atoms with Crippen molar-refractivity contribution in [2.45, 2.75) is 31.7 Å². The van der Waals surface area contributed by atoms with Gasteiger partial charge in [-0.2, -0.15) is 15.4 Å². The van der Waals surface area contributed by atoms with Gasteiger partial charge < -0.3 is 20.1 Å². The third-order valence-corrected chi connectivity index (χ3v) is 5.56. The standard InChI is InChI=1S/C23H22F3N5O4/c24-23(25,26)35-17-4-1-14(2-5-17)11-21(32)31-9-7-16(8-10-31)34-20-6-3-15(12-18(20)22(27)33)19-13-28-30-29-19/h1-6,12-13,16H,7-11H2,(H2,27,33)(H,28,29,30). The molecule has 2 aromatic carbocycles. The van der Waals surface area contributed by atoms with Crippen molar-refractivity contribution < 1.29 is 32.2 Å². The Hall–Kier alpha value is -4.09. The molecule has 12 heteroatoms. The number of carbonyl (C=O) groups is 2. The first-order valence-electron chi connectivity index (χ1n) is 10.8. The molecule has 3 aromatic rings. The minimum atomic E-state index is -4.76. The monoisotopic (exact) mass is 489 g/mol. The van der Waals surface area contributed by atoms with Gasteiger partial charge in [-0.15, -0.1) is 13.2 Å². The Morgan fingerprint density at radius 1 is 1.11 bits per heavy atom. The molecule has 0 saturated carbocycles. The van der Waals surface area contributed by atoms with E-state index in [1.807, 2.05) is 0 Å². The molecule has 2 heterocycles. The van der Waals surface area contributed by atoms with Crippen LogP contribution in [0.15, 0.2) is 48.7 Å². The molecule has 35 heavy (non-hydrogen) atoms. The van der Waals surface area contributed by atoms with Crippen LogP contribution in [0.4, 0.5) is 13.2 Å². The van der Waals surface area contributed by atoms with Gasteiger partial charge in [-0.25, -0.2) is 0 Å². The summed E-state index contributed by atoms with van der Waals surface area (Å²) in [6.45, 7) is 0.892. The largest absolute Gasteiger partial charge is 0.573 e. The maximum Gasteiger partial charge on any atom is 0.573 e. The number of rotatable bonds is 7. The van der Waals surface area contributed by atoms with E-state index in [9.17, 15) is 22.8 Å². The molecule has 0 aliphatic carbocycles. The van der Waals surface area contributed by atoms with Crippen LogP contribution in [0.5, 0.6) is 11.5 Å². The fourth-order valence-electron chi connectivity index (χ4n) is 3.82. The number of primary amides is 1. The summed E-state index contributed by atoms with van der Waals surface area (Å²) in [4.78, 5) is 26.3. The molecule has 1 fully saturated rings. The number of hydrogen-bond acceptors (Lipinski definition) is 6. The topological polar surface area (TPSA) is 123 Å². The van der Waals surface area contributed by atoms with Crippen LogP contribution in [0.25, 0.3) is 11.3 Å². The van der Waals surface area contributed by atoms with Gasteiger partial charge in [0.25, 0.3) is 5.91 Å². The Morgan fingerprint density at radius 2 is 1.83 bits per heavy atom. The van der Waals surface area contributed by atoms with E-state index in [2.05, 4.69) is 20.1 Å². The molecular formula is C23H22F3N5O4. The summed E-state index contributed by atoms with van der Waals surface area (Å²) in [7, 11) is 0. The number of aromatic amines is 1. The summed E-state index contributed by atoms with van der Waals surface area (Å²) >= 11 is 0. The Bertz CT molecular complexity index is 1170. The van der Waals surface area contributed by atoms with Crippen molar-refractivity contribution in [3.05, 3.63) is 59.8 Å². The predicted octanol–water partition coefficient (Wildman–Crippen LogP) is 3.08. The number of nitrogens with one attached hydrogen (secondary N) is 1. The van der Waals surface area contributed by atoms with Crippen LogP contribution in [0.3, 0.4) is 0 Å². The van der Waals surface area contributed by atoms with Gasteiger partial charge in [0, 0.05) is 31.5 Å². The van der Waals surface area contributed by atoms with Crippen molar-refractivity contribution >= 4 is 11.8 Å². The summed E-state index contributed by atoms with van der Waals surface area (Å²) < 4.78 is 46.7. The summed E-state index contributed by atoms with van der Waals surface area (Å²) in [5.74, 6) is -0.751. The normalized spacial score (nSPS) is 14.5. The predicted molar refractivity (Wildman–Crippen MR) is 117 cm³/mol. The van der Waals surface area contributed by atoms with E-state index in [0.29, 0.717) is 48.5 Å². The highest BCUT2D eigenvalue weighted by molar-refractivity contribution is 5.97. The second kappa shape index (κ2) is 10.0. The van der Waals surface area contributed by atoms with Crippen LogP contribution in [-0.4, -0.2) is 57.7 Å². The highest BCUT2D eigenvalue weighted by Crippen LogP contribution is 2.28. The SMILES string of the molecule is NC(=O)c1cc(-c2cn[nH]n2)ccc1OC1CCN(C(=O)Cc2ccc(OC(F)(F)F)cc2)CC1. The summed E-state index contributed by atoms with van der Waals surface area (Å²) in [5, 5.41) is 10.2. The average Bonchev–Trinajstić information content (AvgIpc) is 3.35. The lowest BCUT2D eigenvalue weighted by atomic mass is 10.0. The zero-order valence-electron chi connectivity index (χ0n) is 18.4. The smallest absolute Gasteiger partial charge is 0.489 e. The Labute approximate surface area is 198 Å². The quantitative estimate of drug-likeness (QED) is 0.526. The molecule has 0 bridgehead atoms. The highest BCUT2D eigenvalue weighted by atomic mass is 19.4. The van der Waals surface area contributed by atoms with E-state index in [4.69, 9.17) is 10.5 Å². The summed E-state index contributed by atoms with van der Waals surface area (Å²) in [5.41, 5.74) is 7.57. The third-order valence-electron chi connectivity index (χ3n) is 5.56. The van der Waals surface area contributed by atoms with Crippen LogP contribution >= 0.6 is 0 Å². The first-order chi connectivity index (χ1) is 16.7. The molecule has 4 rings (SSSR count). The number of H-pyrrole nitrogens is 1.